The molecule has 3 aromatic rings. The highest BCUT2D eigenvalue weighted by Crippen LogP contribution is 2.23. The average molecular weight is 409 g/mol. The molecule has 0 saturated carbocycles. The molecule has 0 bridgehead atoms. The molecule has 0 radical (unpaired) electrons. The van der Waals surface area contributed by atoms with Crippen molar-refractivity contribution in [3.05, 3.63) is 88.5 Å². The van der Waals surface area contributed by atoms with Crippen molar-refractivity contribution in [1.82, 2.24) is 0 Å². The average Bonchev–Trinajstić information content (AvgIpc) is 2.66. The van der Waals surface area contributed by atoms with Crippen LogP contribution in [0, 0.1) is 27.7 Å². The Morgan fingerprint density at radius 2 is 1.38 bits per heavy atom. The van der Waals surface area contributed by atoms with Gasteiger partial charge in [0, 0.05) is 11.3 Å². The van der Waals surface area contributed by atoms with Gasteiger partial charge < -0.3 is 5.32 Å². The second-order valence-electron chi connectivity index (χ2n) is 7.22. The van der Waals surface area contributed by atoms with E-state index in [0.29, 0.717) is 11.3 Å². The van der Waals surface area contributed by atoms with Crippen LogP contribution < -0.4 is 10.0 Å². The summed E-state index contributed by atoms with van der Waals surface area (Å²) >= 11 is 0. The maximum Gasteiger partial charge on any atom is 0.261 e. The van der Waals surface area contributed by atoms with E-state index in [1.807, 2.05) is 39.0 Å². The van der Waals surface area contributed by atoms with Gasteiger partial charge in [0.05, 0.1) is 10.6 Å². The van der Waals surface area contributed by atoms with Gasteiger partial charge in [0.2, 0.25) is 0 Å². The lowest BCUT2D eigenvalue weighted by molar-refractivity contribution is 0.102. The summed E-state index contributed by atoms with van der Waals surface area (Å²) in [5.41, 5.74) is 5.25. The zero-order chi connectivity index (χ0) is 21.2. The minimum Gasteiger partial charge on any atom is -0.322 e. The van der Waals surface area contributed by atoms with Crippen molar-refractivity contribution >= 4 is 27.3 Å². The molecule has 5 nitrogen and oxygen atoms in total. The predicted octanol–water partition coefficient (Wildman–Crippen LogP) is 4.97. The normalized spacial score (nSPS) is 11.2. The molecule has 0 saturated heterocycles. The van der Waals surface area contributed by atoms with E-state index in [-0.39, 0.29) is 10.8 Å². The summed E-state index contributed by atoms with van der Waals surface area (Å²) in [6.45, 7) is 7.61. The summed E-state index contributed by atoms with van der Waals surface area (Å²) in [5.74, 6) is -0.298. The number of rotatable bonds is 5. The van der Waals surface area contributed by atoms with Crippen LogP contribution in [-0.2, 0) is 10.0 Å². The third-order valence-corrected chi connectivity index (χ3v) is 6.09. The van der Waals surface area contributed by atoms with Gasteiger partial charge in [-0.1, -0.05) is 41.5 Å². The van der Waals surface area contributed by atoms with Gasteiger partial charge in [-0.15, -0.1) is 0 Å². The highest BCUT2D eigenvalue weighted by molar-refractivity contribution is 7.92. The second kappa shape index (κ2) is 8.09. The third-order valence-electron chi connectivity index (χ3n) is 4.71. The Labute approximate surface area is 171 Å². The monoisotopic (exact) mass is 408 g/mol. The number of amides is 1. The summed E-state index contributed by atoms with van der Waals surface area (Å²) in [4.78, 5) is 12.9. The molecule has 0 fully saturated rings. The molecule has 0 unspecified atom stereocenters. The van der Waals surface area contributed by atoms with Crippen LogP contribution >= 0.6 is 0 Å². The Hall–Kier alpha value is -3.12. The van der Waals surface area contributed by atoms with Crippen molar-refractivity contribution in [3.8, 4) is 0 Å². The predicted molar refractivity (Wildman–Crippen MR) is 117 cm³/mol. The first-order valence-corrected chi connectivity index (χ1v) is 10.7. The van der Waals surface area contributed by atoms with Gasteiger partial charge in [0.15, 0.2) is 0 Å². The lowest BCUT2D eigenvalue weighted by atomic mass is 10.1. The highest BCUT2D eigenvalue weighted by Gasteiger charge is 2.17. The van der Waals surface area contributed by atoms with Gasteiger partial charge in [-0.25, -0.2) is 8.42 Å². The van der Waals surface area contributed by atoms with Crippen LogP contribution in [0.25, 0.3) is 0 Å². The van der Waals surface area contributed by atoms with E-state index < -0.39 is 10.0 Å². The summed E-state index contributed by atoms with van der Waals surface area (Å²) < 4.78 is 28.0. The molecular formula is C23H24N2O3S. The largest absolute Gasteiger partial charge is 0.322 e. The Morgan fingerprint density at radius 3 is 2.03 bits per heavy atom. The van der Waals surface area contributed by atoms with Crippen LogP contribution in [0.3, 0.4) is 0 Å². The lowest BCUT2D eigenvalue weighted by Crippen LogP contribution is -2.16. The van der Waals surface area contributed by atoms with E-state index in [1.54, 1.807) is 49.4 Å². The standard InChI is InChI=1S/C23H24N2O3S/c1-15-5-10-20(11-6-15)29(27,28)25-22-14-19(9-8-17(22)3)23(26)24-21-12-7-16(2)13-18(21)4/h5-14,25H,1-4H3,(H,24,26). The molecule has 2 N–H and O–H groups in total. The number of carbonyl (C=O) groups excluding carboxylic acids is 1. The molecule has 150 valence electrons. The van der Waals surface area contributed by atoms with Crippen LogP contribution in [0.15, 0.2) is 65.6 Å². The number of benzene rings is 3. The van der Waals surface area contributed by atoms with E-state index in [0.717, 1.165) is 27.9 Å². The first kappa shape index (κ1) is 20.6. The van der Waals surface area contributed by atoms with E-state index in [1.165, 1.54) is 0 Å². The molecule has 6 heteroatoms. The molecule has 0 spiro atoms. The van der Waals surface area contributed by atoms with Crippen LogP contribution in [0.4, 0.5) is 11.4 Å². The van der Waals surface area contributed by atoms with Gasteiger partial charge in [-0.2, -0.15) is 0 Å². The molecule has 3 aromatic carbocycles. The molecule has 29 heavy (non-hydrogen) atoms. The maximum absolute atomic E-state index is 12.7. The SMILES string of the molecule is Cc1ccc(S(=O)(=O)Nc2cc(C(=O)Nc3ccc(C)cc3C)ccc2C)cc1. The maximum atomic E-state index is 12.7. The van der Waals surface area contributed by atoms with Gasteiger partial charge in [0.1, 0.15) is 0 Å². The fraction of sp³-hybridized carbons (Fsp3) is 0.174. The van der Waals surface area contributed by atoms with Crippen molar-refractivity contribution in [2.24, 2.45) is 0 Å². The summed E-state index contributed by atoms with van der Waals surface area (Å²) in [6.07, 6.45) is 0. The molecule has 0 aliphatic rings. The minimum absolute atomic E-state index is 0.174. The summed E-state index contributed by atoms with van der Waals surface area (Å²) in [6, 6.07) is 17.3. The van der Waals surface area contributed by atoms with Crippen LogP contribution in [0.5, 0.6) is 0 Å². The van der Waals surface area contributed by atoms with Gasteiger partial charge in [-0.05, 0) is 69.2 Å². The van der Waals surface area contributed by atoms with Crippen molar-refractivity contribution in [1.29, 1.82) is 0 Å². The van der Waals surface area contributed by atoms with Crippen LogP contribution in [-0.4, -0.2) is 14.3 Å². The zero-order valence-electron chi connectivity index (χ0n) is 16.9. The van der Waals surface area contributed by atoms with Gasteiger partial charge >= 0.3 is 0 Å². The molecule has 0 heterocycles. The molecule has 0 aliphatic carbocycles. The van der Waals surface area contributed by atoms with E-state index in [2.05, 4.69) is 10.0 Å². The zero-order valence-corrected chi connectivity index (χ0v) is 17.7. The van der Waals surface area contributed by atoms with E-state index in [4.69, 9.17) is 0 Å². The molecule has 0 aromatic heterocycles. The molecule has 1 amide bonds. The quantitative estimate of drug-likeness (QED) is 0.626. The minimum atomic E-state index is -3.75. The number of aryl methyl sites for hydroxylation is 4. The van der Waals surface area contributed by atoms with Crippen molar-refractivity contribution in [3.63, 3.8) is 0 Å². The van der Waals surface area contributed by atoms with Gasteiger partial charge in [-0.3, -0.25) is 9.52 Å². The summed E-state index contributed by atoms with van der Waals surface area (Å²) in [5, 5.41) is 2.88. The highest BCUT2D eigenvalue weighted by atomic mass is 32.2. The van der Waals surface area contributed by atoms with Crippen LogP contribution in [0.2, 0.25) is 0 Å². The molecule has 0 atom stereocenters. The van der Waals surface area contributed by atoms with E-state index >= 15 is 0 Å². The number of hydrogen-bond acceptors (Lipinski definition) is 3. The van der Waals surface area contributed by atoms with Crippen molar-refractivity contribution < 1.29 is 13.2 Å². The number of sulfonamides is 1. The Bertz CT molecular complexity index is 1170. The van der Waals surface area contributed by atoms with E-state index in [9.17, 15) is 13.2 Å². The Balaban J connectivity index is 1.85. The second-order valence-corrected chi connectivity index (χ2v) is 8.90. The lowest BCUT2D eigenvalue weighted by Gasteiger charge is -2.13. The van der Waals surface area contributed by atoms with Crippen LogP contribution in [0.1, 0.15) is 32.6 Å². The number of carbonyl (C=O) groups is 1. The fourth-order valence-corrected chi connectivity index (χ4v) is 4.06. The molecule has 0 aliphatic heterocycles. The third kappa shape index (κ3) is 4.84. The Kier molecular flexibility index (Phi) is 5.75. The number of nitrogens with one attached hydrogen (secondary N) is 2. The molecule has 3 rings (SSSR count). The first-order chi connectivity index (χ1) is 13.7. The first-order valence-electron chi connectivity index (χ1n) is 9.24. The van der Waals surface area contributed by atoms with Gasteiger partial charge in [0.25, 0.3) is 15.9 Å². The molecular weight excluding hydrogens is 384 g/mol. The smallest absolute Gasteiger partial charge is 0.261 e. The van der Waals surface area contributed by atoms with Crippen molar-refractivity contribution in [2.75, 3.05) is 10.0 Å². The topological polar surface area (TPSA) is 75.3 Å². The fourth-order valence-electron chi connectivity index (χ4n) is 2.94. The summed E-state index contributed by atoms with van der Waals surface area (Å²) in [7, 11) is -3.75. The Morgan fingerprint density at radius 1 is 0.724 bits per heavy atom. The van der Waals surface area contributed by atoms with Crippen molar-refractivity contribution in [2.45, 2.75) is 32.6 Å². The number of hydrogen-bond donors (Lipinski definition) is 2. The number of anilines is 2.